The minimum atomic E-state index is 0.358. The van der Waals surface area contributed by atoms with Gasteiger partial charge in [0.2, 0.25) is 0 Å². The van der Waals surface area contributed by atoms with Gasteiger partial charge in [0.25, 0.3) is 0 Å². The summed E-state index contributed by atoms with van der Waals surface area (Å²) >= 11 is 0. The second-order valence-corrected chi connectivity index (χ2v) is 4.91. The molecule has 2 atom stereocenters. The Bertz CT molecular complexity index is 487. The number of benzene rings is 1. The van der Waals surface area contributed by atoms with E-state index in [9.17, 15) is 0 Å². The van der Waals surface area contributed by atoms with Crippen LogP contribution in [0.2, 0.25) is 0 Å². The Kier molecular flexibility index (Phi) is 3.50. The first-order valence-electron chi connectivity index (χ1n) is 6.07. The molecule has 0 radical (unpaired) electrons. The lowest BCUT2D eigenvalue weighted by Gasteiger charge is -2.29. The molecule has 0 aliphatic rings. The molecule has 1 aromatic heterocycles. The van der Waals surface area contributed by atoms with E-state index in [2.05, 4.69) is 61.4 Å². The van der Waals surface area contributed by atoms with E-state index in [-0.39, 0.29) is 0 Å². The third-order valence-electron chi connectivity index (χ3n) is 3.41. The lowest BCUT2D eigenvalue weighted by molar-refractivity contribution is 0.229. The van der Waals surface area contributed by atoms with Crippen LogP contribution in [0, 0.1) is 5.92 Å². The largest absolute Gasteiger partial charge is 0.361 e. The van der Waals surface area contributed by atoms with Crippen molar-refractivity contribution in [1.29, 1.82) is 0 Å². The van der Waals surface area contributed by atoms with Gasteiger partial charge in [-0.3, -0.25) is 0 Å². The molecule has 1 heterocycles. The minimum Gasteiger partial charge on any atom is -0.361 e. The highest BCUT2D eigenvalue weighted by Gasteiger charge is 2.22. The smallest absolute Gasteiger partial charge is 0.0457 e. The van der Waals surface area contributed by atoms with Crippen molar-refractivity contribution in [2.24, 2.45) is 11.7 Å². The van der Waals surface area contributed by atoms with Crippen molar-refractivity contribution in [1.82, 2.24) is 9.88 Å². The molecule has 0 aliphatic carbocycles. The molecule has 0 saturated carbocycles. The predicted molar refractivity (Wildman–Crippen MR) is 72.9 cm³/mol. The molecule has 2 unspecified atom stereocenters. The number of fused-ring (bicyclic) bond motifs is 1. The van der Waals surface area contributed by atoms with Crippen molar-refractivity contribution in [2.45, 2.75) is 13.0 Å². The molecule has 0 spiro atoms. The average Bonchev–Trinajstić information content (AvgIpc) is 2.73. The first-order valence-corrected chi connectivity index (χ1v) is 6.07. The van der Waals surface area contributed by atoms with Gasteiger partial charge in [-0.05, 0) is 38.2 Å². The van der Waals surface area contributed by atoms with E-state index >= 15 is 0 Å². The second-order valence-electron chi connectivity index (χ2n) is 4.91. The third kappa shape index (κ3) is 2.21. The van der Waals surface area contributed by atoms with E-state index < -0.39 is 0 Å². The molecule has 2 aromatic rings. The minimum absolute atomic E-state index is 0.358. The Hall–Kier alpha value is -1.32. The molecule has 2 rings (SSSR count). The fourth-order valence-electron chi connectivity index (χ4n) is 2.56. The van der Waals surface area contributed by atoms with Crippen molar-refractivity contribution in [2.75, 3.05) is 20.6 Å². The molecule has 0 fully saturated rings. The molecule has 3 N–H and O–H groups in total. The van der Waals surface area contributed by atoms with Crippen LogP contribution in [0.1, 0.15) is 18.5 Å². The van der Waals surface area contributed by atoms with Gasteiger partial charge < -0.3 is 15.6 Å². The number of H-pyrrole nitrogens is 1. The average molecular weight is 231 g/mol. The molecule has 0 saturated heterocycles. The van der Waals surface area contributed by atoms with Crippen molar-refractivity contribution in [3.63, 3.8) is 0 Å². The second kappa shape index (κ2) is 4.90. The standard InChI is InChI=1S/C14H21N3/c1-10(8-15)14(17(2)3)12-9-16-13-7-5-4-6-11(12)13/h4-7,9-10,14,16H,8,15H2,1-3H3. The van der Waals surface area contributed by atoms with Gasteiger partial charge in [-0.25, -0.2) is 0 Å². The molecule has 17 heavy (non-hydrogen) atoms. The zero-order valence-corrected chi connectivity index (χ0v) is 10.8. The maximum Gasteiger partial charge on any atom is 0.0457 e. The summed E-state index contributed by atoms with van der Waals surface area (Å²) in [6.07, 6.45) is 2.11. The Morgan fingerprint density at radius 2 is 2.00 bits per heavy atom. The van der Waals surface area contributed by atoms with Crippen molar-refractivity contribution >= 4 is 10.9 Å². The number of hydrogen-bond acceptors (Lipinski definition) is 2. The zero-order chi connectivity index (χ0) is 12.4. The molecule has 0 amide bonds. The summed E-state index contributed by atoms with van der Waals surface area (Å²) in [7, 11) is 4.22. The van der Waals surface area contributed by atoms with Crippen molar-refractivity contribution < 1.29 is 0 Å². The number of nitrogens with two attached hydrogens (primary N) is 1. The van der Waals surface area contributed by atoms with Crippen LogP contribution < -0.4 is 5.73 Å². The van der Waals surface area contributed by atoms with E-state index in [1.165, 1.54) is 16.5 Å². The highest BCUT2D eigenvalue weighted by molar-refractivity contribution is 5.83. The highest BCUT2D eigenvalue weighted by atomic mass is 15.1. The lowest BCUT2D eigenvalue weighted by Crippen LogP contribution is -2.30. The summed E-state index contributed by atoms with van der Waals surface area (Å²) < 4.78 is 0. The molecule has 0 aliphatic heterocycles. The summed E-state index contributed by atoms with van der Waals surface area (Å²) in [5.41, 5.74) is 8.35. The molecule has 3 nitrogen and oxygen atoms in total. The number of aromatic nitrogens is 1. The van der Waals surface area contributed by atoms with Crippen LogP contribution >= 0.6 is 0 Å². The maximum atomic E-state index is 5.82. The summed E-state index contributed by atoms with van der Waals surface area (Å²) in [5, 5.41) is 1.30. The Labute approximate surface area is 103 Å². The topological polar surface area (TPSA) is 45.1 Å². The normalized spacial score (nSPS) is 15.4. The number of rotatable bonds is 4. The summed E-state index contributed by atoms with van der Waals surface area (Å²) in [5.74, 6) is 0.434. The van der Waals surface area contributed by atoms with E-state index in [1.807, 2.05) is 0 Å². The van der Waals surface area contributed by atoms with Gasteiger partial charge in [0.1, 0.15) is 0 Å². The number of nitrogens with one attached hydrogen (secondary N) is 1. The fourth-order valence-corrected chi connectivity index (χ4v) is 2.56. The van der Waals surface area contributed by atoms with Gasteiger partial charge in [-0.2, -0.15) is 0 Å². The van der Waals surface area contributed by atoms with Crippen LogP contribution in [0.15, 0.2) is 30.5 Å². The van der Waals surface area contributed by atoms with Crippen LogP contribution in [0.3, 0.4) is 0 Å². The van der Waals surface area contributed by atoms with Crippen LogP contribution in [0.25, 0.3) is 10.9 Å². The van der Waals surface area contributed by atoms with Crippen molar-refractivity contribution in [3.8, 4) is 0 Å². The summed E-state index contributed by atoms with van der Waals surface area (Å²) in [4.78, 5) is 5.58. The molecule has 3 heteroatoms. The maximum absolute atomic E-state index is 5.82. The first kappa shape index (κ1) is 12.1. The number of aromatic amines is 1. The molecule has 1 aromatic carbocycles. The van der Waals surface area contributed by atoms with Gasteiger partial charge in [0.15, 0.2) is 0 Å². The summed E-state index contributed by atoms with van der Waals surface area (Å²) in [6, 6.07) is 8.77. The van der Waals surface area contributed by atoms with Crippen LogP contribution in [-0.4, -0.2) is 30.5 Å². The quantitative estimate of drug-likeness (QED) is 0.848. The molecular formula is C14H21N3. The fraction of sp³-hybridized carbons (Fsp3) is 0.429. The number of hydrogen-bond donors (Lipinski definition) is 2. The number of nitrogens with zero attached hydrogens (tertiary/aromatic N) is 1. The van der Waals surface area contributed by atoms with Gasteiger partial charge in [-0.15, -0.1) is 0 Å². The number of para-hydroxylation sites is 1. The molecule has 0 bridgehead atoms. The van der Waals surface area contributed by atoms with Gasteiger partial charge >= 0.3 is 0 Å². The SMILES string of the molecule is CC(CN)C(c1c[nH]c2ccccc12)N(C)C. The van der Waals surface area contributed by atoms with E-state index in [0.717, 1.165) is 0 Å². The van der Waals surface area contributed by atoms with Crippen LogP contribution in [-0.2, 0) is 0 Å². The van der Waals surface area contributed by atoms with E-state index in [1.54, 1.807) is 0 Å². The predicted octanol–water partition coefficient (Wildman–Crippen LogP) is 2.37. The summed E-state index contributed by atoms with van der Waals surface area (Å²) in [6.45, 7) is 2.90. The molecule has 92 valence electrons. The zero-order valence-electron chi connectivity index (χ0n) is 10.8. The van der Waals surface area contributed by atoms with Crippen LogP contribution in [0.5, 0.6) is 0 Å². The van der Waals surface area contributed by atoms with Crippen LogP contribution in [0.4, 0.5) is 0 Å². The van der Waals surface area contributed by atoms with E-state index in [0.29, 0.717) is 18.5 Å². The Balaban J connectivity index is 2.49. The lowest BCUT2D eigenvalue weighted by atomic mass is 9.93. The van der Waals surface area contributed by atoms with Gasteiger partial charge in [0.05, 0.1) is 0 Å². The first-order chi connectivity index (χ1) is 8.15. The Morgan fingerprint density at radius 3 is 2.65 bits per heavy atom. The van der Waals surface area contributed by atoms with Gasteiger partial charge in [-0.1, -0.05) is 25.1 Å². The van der Waals surface area contributed by atoms with E-state index in [4.69, 9.17) is 5.73 Å². The van der Waals surface area contributed by atoms with Crippen molar-refractivity contribution in [3.05, 3.63) is 36.0 Å². The van der Waals surface area contributed by atoms with Gasteiger partial charge in [0, 0.05) is 23.1 Å². The highest BCUT2D eigenvalue weighted by Crippen LogP contribution is 2.31. The third-order valence-corrected chi connectivity index (χ3v) is 3.41. The monoisotopic (exact) mass is 231 g/mol. The Morgan fingerprint density at radius 1 is 1.29 bits per heavy atom. The molecular weight excluding hydrogens is 210 g/mol.